The molecule has 7 heteroatoms. The van der Waals surface area contributed by atoms with Crippen molar-refractivity contribution < 1.29 is 4.79 Å². The Hall–Kier alpha value is -3.48. The number of aromatic amines is 1. The summed E-state index contributed by atoms with van der Waals surface area (Å²) < 4.78 is 0. The molecule has 3 N–H and O–H groups in total. The van der Waals surface area contributed by atoms with Crippen LogP contribution >= 0.6 is 0 Å². The van der Waals surface area contributed by atoms with Gasteiger partial charge in [-0.3, -0.25) is 9.59 Å². The average Bonchev–Trinajstić information content (AvgIpc) is 2.74. The number of hydrogen-bond donors (Lipinski definition) is 3. The lowest BCUT2D eigenvalue weighted by atomic mass is 10.1. The number of aryl methyl sites for hydroxylation is 1. The molecular weight excluding hydrogens is 366 g/mol. The lowest BCUT2D eigenvalue weighted by Gasteiger charge is -2.09. The van der Waals surface area contributed by atoms with E-state index in [-0.39, 0.29) is 11.5 Å². The highest BCUT2D eigenvalue weighted by Crippen LogP contribution is 2.16. The first kappa shape index (κ1) is 20.3. The number of carbonyl (C=O) groups is 1. The summed E-state index contributed by atoms with van der Waals surface area (Å²) in [5.74, 6) is 1.13. The van der Waals surface area contributed by atoms with E-state index in [4.69, 9.17) is 0 Å². The molecule has 3 aromatic rings. The van der Waals surface area contributed by atoms with Crippen LogP contribution in [0.5, 0.6) is 0 Å². The van der Waals surface area contributed by atoms with Crippen LogP contribution in [0, 0.1) is 13.8 Å². The van der Waals surface area contributed by atoms with Gasteiger partial charge >= 0.3 is 0 Å². The molecule has 0 saturated heterocycles. The zero-order valence-electron chi connectivity index (χ0n) is 16.9. The number of anilines is 1. The molecule has 0 atom stereocenters. The summed E-state index contributed by atoms with van der Waals surface area (Å²) in [6.45, 7) is 6.79. The highest BCUT2D eigenvalue weighted by Gasteiger charge is 2.08. The molecule has 29 heavy (non-hydrogen) atoms. The maximum absolute atomic E-state index is 12.1. The number of nitrogens with zero attached hydrogens (tertiary/aromatic N) is 2. The number of amides is 1. The van der Waals surface area contributed by atoms with Crippen molar-refractivity contribution in [2.75, 3.05) is 11.9 Å². The van der Waals surface area contributed by atoms with E-state index in [1.54, 1.807) is 19.2 Å². The Morgan fingerprint density at radius 2 is 2.00 bits per heavy atom. The van der Waals surface area contributed by atoms with Gasteiger partial charge in [-0.2, -0.15) is 0 Å². The number of rotatable bonds is 7. The Balaban J connectivity index is 1.67. The zero-order valence-corrected chi connectivity index (χ0v) is 16.9. The van der Waals surface area contributed by atoms with E-state index in [0.717, 1.165) is 17.5 Å². The van der Waals surface area contributed by atoms with Gasteiger partial charge in [0.05, 0.1) is 0 Å². The molecule has 0 aliphatic carbocycles. The predicted octanol–water partition coefficient (Wildman–Crippen LogP) is 3.20. The topological polar surface area (TPSA) is 99.8 Å². The second-order valence-electron chi connectivity index (χ2n) is 6.87. The molecule has 2 heterocycles. The number of aromatic nitrogens is 3. The summed E-state index contributed by atoms with van der Waals surface area (Å²) in [5, 5.41) is 6.13. The van der Waals surface area contributed by atoms with Crippen molar-refractivity contribution in [1.29, 1.82) is 0 Å². The number of carbonyl (C=O) groups excluding carboxylic acids is 1. The fourth-order valence-corrected chi connectivity index (χ4v) is 2.78. The third-order valence-corrected chi connectivity index (χ3v) is 4.63. The molecule has 0 spiro atoms. The molecule has 0 bridgehead atoms. The Labute approximate surface area is 169 Å². The summed E-state index contributed by atoms with van der Waals surface area (Å²) >= 11 is 0. The Morgan fingerprint density at radius 3 is 2.69 bits per heavy atom. The SMILES string of the molecule is CCCNC(=O)c1cccc(CNc2ccc(-c3nc(C)c(C)c(=O)[nH]3)cn2)c1. The van der Waals surface area contributed by atoms with Crippen LogP contribution in [-0.2, 0) is 6.54 Å². The highest BCUT2D eigenvalue weighted by molar-refractivity contribution is 5.94. The summed E-state index contributed by atoms with van der Waals surface area (Å²) in [5.41, 5.74) is 3.55. The molecule has 150 valence electrons. The molecule has 0 saturated carbocycles. The number of H-pyrrole nitrogens is 1. The normalized spacial score (nSPS) is 10.6. The van der Waals surface area contributed by atoms with E-state index in [1.807, 2.05) is 44.2 Å². The smallest absolute Gasteiger partial charge is 0.254 e. The van der Waals surface area contributed by atoms with Gasteiger partial charge in [-0.15, -0.1) is 0 Å². The van der Waals surface area contributed by atoms with Crippen molar-refractivity contribution in [3.63, 3.8) is 0 Å². The van der Waals surface area contributed by atoms with Gasteiger partial charge in [0.1, 0.15) is 11.6 Å². The quantitative estimate of drug-likeness (QED) is 0.574. The Kier molecular flexibility index (Phi) is 6.39. The van der Waals surface area contributed by atoms with Gasteiger partial charge in [-0.1, -0.05) is 19.1 Å². The molecule has 7 nitrogen and oxygen atoms in total. The van der Waals surface area contributed by atoms with E-state index in [2.05, 4.69) is 25.6 Å². The largest absolute Gasteiger partial charge is 0.366 e. The number of hydrogen-bond acceptors (Lipinski definition) is 5. The van der Waals surface area contributed by atoms with Crippen LogP contribution in [0.3, 0.4) is 0 Å². The average molecular weight is 391 g/mol. The Bertz CT molecular complexity index is 1060. The van der Waals surface area contributed by atoms with Crippen LogP contribution in [0.2, 0.25) is 0 Å². The third-order valence-electron chi connectivity index (χ3n) is 4.63. The van der Waals surface area contributed by atoms with Gasteiger partial charge in [-0.25, -0.2) is 9.97 Å². The maximum Gasteiger partial charge on any atom is 0.254 e. The van der Waals surface area contributed by atoms with Crippen molar-refractivity contribution in [3.8, 4) is 11.4 Å². The zero-order chi connectivity index (χ0) is 20.8. The van der Waals surface area contributed by atoms with Crippen LogP contribution in [0.25, 0.3) is 11.4 Å². The standard InChI is InChI=1S/C22H25N5O2/c1-4-10-23-22(29)17-7-5-6-16(11-17)12-24-19-9-8-18(13-25-19)20-26-15(3)14(2)21(28)27-20/h5-9,11,13H,4,10,12H2,1-3H3,(H,23,29)(H,24,25)(H,26,27,28). The van der Waals surface area contributed by atoms with Gasteiger partial charge in [-0.05, 0) is 50.1 Å². The molecule has 1 aromatic carbocycles. The molecule has 1 amide bonds. The van der Waals surface area contributed by atoms with Gasteiger partial charge in [0, 0.05) is 41.7 Å². The lowest BCUT2D eigenvalue weighted by Crippen LogP contribution is -2.24. The minimum atomic E-state index is -0.141. The van der Waals surface area contributed by atoms with E-state index in [9.17, 15) is 9.59 Å². The first-order valence-corrected chi connectivity index (χ1v) is 9.63. The molecule has 3 rings (SSSR count). The molecule has 0 aliphatic rings. The highest BCUT2D eigenvalue weighted by atomic mass is 16.1. The van der Waals surface area contributed by atoms with Crippen LogP contribution in [-0.4, -0.2) is 27.4 Å². The predicted molar refractivity (Wildman–Crippen MR) is 114 cm³/mol. The fraction of sp³-hybridized carbons (Fsp3) is 0.273. The van der Waals surface area contributed by atoms with Crippen molar-refractivity contribution in [2.45, 2.75) is 33.7 Å². The van der Waals surface area contributed by atoms with Gasteiger partial charge in [0.2, 0.25) is 0 Å². The summed E-state index contributed by atoms with van der Waals surface area (Å²) in [6.07, 6.45) is 2.57. The maximum atomic E-state index is 12.1. The minimum absolute atomic E-state index is 0.0638. The van der Waals surface area contributed by atoms with Gasteiger partial charge < -0.3 is 15.6 Å². The van der Waals surface area contributed by atoms with Crippen molar-refractivity contribution >= 4 is 11.7 Å². The first-order valence-electron chi connectivity index (χ1n) is 9.63. The first-order chi connectivity index (χ1) is 14.0. The number of nitrogens with one attached hydrogen (secondary N) is 3. The monoisotopic (exact) mass is 391 g/mol. The third kappa shape index (κ3) is 5.07. The van der Waals surface area contributed by atoms with Crippen LogP contribution in [0.15, 0.2) is 47.4 Å². The van der Waals surface area contributed by atoms with Crippen LogP contribution in [0.1, 0.15) is 40.5 Å². The summed E-state index contributed by atoms with van der Waals surface area (Å²) in [6, 6.07) is 11.2. The fourth-order valence-electron chi connectivity index (χ4n) is 2.78. The second kappa shape index (κ2) is 9.14. The van der Waals surface area contributed by atoms with E-state index in [1.165, 1.54) is 0 Å². The van der Waals surface area contributed by atoms with Crippen molar-refractivity contribution in [3.05, 3.63) is 75.3 Å². The van der Waals surface area contributed by atoms with Crippen molar-refractivity contribution in [1.82, 2.24) is 20.3 Å². The van der Waals surface area contributed by atoms with E-state index < -0.39 is 0 Å². The Morgan fingerprint density at radius 1 is 1.17 bits per heavy atom. The number of pyridine rings is 1. The summed E-state index contributed by atoms with van der Waals surface area (Å²) in [7, 11) is 0. The summed E-state index contributed by atoms with van der Waals surface area (Å²) in [4.78, 5) is 35.6. The molecule has 0 aliphatic heterocycles. The van der Waals surface area contributed by atoms with Crippen LogP contribution < -0.4 is 16.2 Å². The molecule has 0 unspecified atom stereocenters. The van der Waals surface area contributed by atoms with Crippen molar-refractivity contribution in [2.24, 2.45) is 0 Å². The van der Waals surface area contributed by atoms with Gasteiger partial charge in [0.25, 0.3) is 11.5 Å². The van der Waals surface area contributed by atoms with Crippen LogP contribution in [0.4, 0.5) is 5.82 Å². The minimum Gasteiger partial charge on any atom is -0.366 e. The molecule has 0 radical (unpaired) electrons. The van der Waals surface area contributed by atoms with E-state index >= 15 is 0 Å². The second-order valence-corrected chi connectivity index (χ2v) is 6.87. The number of benzene rings is 1. The molecule has 2 aromatic heterocycles. The van der Waals surface area contributed by atoms with Gasteiger partial charge in [0.15, 0.2) is 0 Å². The lowest BCUT2D eigenvalue weighted by molar-refractivity contribution is 0.0953. The van der Waals surface area contributed by atoms with E-state index in [0.29, 0.717) is 41.6 Å². The molecule has 0 fully saturated rings. The molecular formula is C22H25N5O2.